The maximum absolute atomic E-state index is 5.80. The second kappa shape index (κ2) is 6.44. The molecule has 2 heterocycles. The summed E-state index contributed by atoms with van der Waals surface area (Å²) in [5, 5.41) is 6.62. The molecule has 1 aromatic heterocycles. The molecule has 0 bridgehead atoms. The van der Waals surface area contributed by atoms with Gasteiger partial charge >= 0.3 is 0 Å². The third-order valence-corrected chi connectivity index (χ3v) is 4.01. The van der Waals surface area contributed by atoms with E-state index in [0.29, 0.717) is 5.92 Å². The average molecular weight is 256 g/mol. The predicted molar refractivity (Wildman–Crippen MR) is 68.4 cm³/mol. The van der Waals surface area contributed by atoms with Crippen molar-refractivity contribution in [2.45, 2.75) is 19.4 Å². The van der Waals surface area contributed by atoms with Crippen molar-refractivity contribution in [3.8, 4) is 0 Å². The SMILES string of the molecule is COCCNCC1CCOC1c1nc(C)cs1. The second-order valence-electron chi connectivity index (χ2n) is 4.36. The lowest BCUT2D eigenvalue weighted by molar-refractivity contribution is 0.0895. The van der Waals surface area contributed by atoms with Crippen LogP contribution in [0.3, 0.4) is 0 Å². The summed E-state index contributed by atoms with van der Waals surface area (Å²) < 4.78 is 10.8. The molecule has 4 nitrogen and oxygen atoms in total. The molecule has 5 heteroatoms. The summed E-state index contributed by atoms with van der Waals surface area (Å²) in [5.74, 6) is 0.539. The van der Waals surface area contributed by atoms with Crippen LogP contribution in [0.2, 0.25) is 0 Å². The Hall–Kier alpha value is -0.490. The fourth-order valence-corrected chi connectivity index (χ4v) is 3.02. The van der Waals surface area contributed by atoms with Crippen LogP contribution < -0.4 is 5.32 Å². The molecule has 0 amide bonds. The highest BCUT2D eigenvalue weighted by atomic mass is 32.1. The summed E-state index contributed by atoms with van der Waals surface area (Å²) in [4.78, 5) is 4.53. The Labute approximate surface area is 106 Å². The van der Waals surface area contributed by atoms with E-state index in [2.05, 4.69) is 15.7 Å². The fourth-order valence-electron chi connectivity index (χ4n) is 2.08. The number of aryl methyl sites for hydroxylation is 1. The first kappa shape index (κ1) is 13.0. The van der Waals surface area contributed by atoms with E-state index in [4.69, 9.17) is 9.47 Å². The maximum Gasteiger partial charge on any atom is 0.122 e. The zero-order chi connectivity index (χ0) is 12.1. The summed E-state index contributed by atoms with van der Waals surface area (Å²) in [6.07, 6.45) is 1.30. The van der Waals surface area contributed by atoms with Gasteiger partial charge in [-0.1, -0.05) is 0 Å². The molecule has 96 valence electrons. The van der Waals surface area contributed by atoms with E-state index in [1.807, 2.05) is 6.92 Å². The van der Waals surface area contributed by atoms with Crippen LogP contribution >= 0.6 is 11.3 Å². The Bertz CT molecular complexity index is 343. The van der Waals surface area contributed by atoms with Crippen molar-refractivity contribution in [3.63, 3.8) is 0 Å². The van der Waals surface area contributed by atoms with Crippen molar-refractivity contribution >= 4 is 11.3 Å². The molecule has 1 fully saturated rings. The molecule has 1 saturated heterocycles. The van der Waals surface area contributed by atoms with Gasteiger partial charge in [0.1, 0.15) is 11.1 Å². The molecule has 2 rings (SSSR count). The van der Waals surface area contributed by atoms with Gasteiger partial charge in [-0.15, -0.1) is 11.3 Å². The number of nitrogens with one attached hydrogen (secondary N) is 1. The molecule has 0 radical (unpaired) electrons. The van der Waals surface area contributed by atoms with Crippen molar-refractivity contribution in [2.75, 3.05) is 33.4 Å². The molecule has 1 aliphatic rings. The first-order chi connectivity index (χ1) is 8.31. The first-order valence-electron chi connectivity index (χ1n) is 6.04. The number of hydrogen-bond donors (Lipinski definition) is 1. The van der Waals surface area contributed by atoms with Gasteiger partial charge in [0.25, 0.3) is 0 Å². The van der Waals surface area contributed by atoms with Crippen LogP contribution in [0.4, 0.5) is 0 Å². The van der Waals surface area contributed by atoms with Gasteiger partial charge in [-0.2, -0.15) is 0 Å². The van der Waals surface area contributed by atoms with Crippen LogP contribution in [0.1, 0.15) is 23.2 Å². The Morgan fingerprint density at radius 3 is 3.24 bits per heavy atom. The predicted octanol–water partition coefficient (Wildman–Crippen LogP) is 1.77. The van der Waals surface area contributed by atoms with Crippen molar-refractivity contribution in [3.05, 3.63) is 16.1 Å². The van der Waals surface area contributed by atoms with E-state index >= 15 is 0 Å². The Kier molecular flexibility index (Phi) is 4.91. The second-order valence-corrected chi connectivity index (χ2v) is 5.25. The monoisotopic (exact) mass is 256 g/mol. The minimum Gasteiger partial charge on any atom is -0.383 e. The van der Waals surface area contributed by atoms with Gasteiger partial charge in [0, 0.05) is 43.8 Å². The summed E-state index contributed by atoms with van der Waals surface area (Å²) in [5.41, 5.74) is 1.09. The fraction of sp³-hybridized carbons (Fsp3) is 0.750. The van der Waals surface area contributed by atoms with Gasteiger partial charge in [-0.3, -0.25) is 0 Å². The zero-order valence-corrected chi connectivity index (χ0v) is 11.3. The number of hydrogen-bond acceptors (Lipinski definition) is 5. The Balaban J connectivity index is 1.84. The molecule has 2 unspecified atom stereocenters. The number of aromatic nitrogens is 1. The summed E-state index contributed by atoms with van der Waals surface area (Å²) in [6.45, 7) is 5.51. The number of rotatable bonds is 6. The molecule has 0 spiro atoms. The molecule has 0 saturated carbocycles. The molecule has 0 aromatic carbocycles. The van der Waals surface area contributed by atoms with Gasteiger partial charge in [0.15, 0.2) is 0 Å². The third kappa shape index (κ3) is 3.48. The number of nitrogens with zero attached hydrogens (tertiary/aromatic N) is 1. The molecular weight excluding hydrogens is 236 g/mol. The largest absolute Gasteiger partial charge is 0.383 e. The molecule has 2 atom stereocenters. The van der Waals surface area contributed by atoms with Crippen LogP contribution in [-0.4, -0.2) is 38.4 Å². The lowest BCUT2D eigenvalue weighted by Crippen LogP contribution is -2.27. The van der Waals surface area contributed by atoms with E-state index in [0.717, 1.165) is 43.4 Å². The third-order valence-electron chi connectivity index (χ3n) is 2.98. The number of thiazole rings is 1. The quantitative estimate of drug-likeness (QED) is 0.788. The van der Waals surface area contributed by atoms with Crippen LogP contribution in [0.25, 0.3) is 0 Å². The highest BCUT2D eigenvalue weighted by Crippen LogP contribution is 2.35. The summed E-state index contributed by atoms with van der Waals surface area (Å²) >= 11 is 1.71. The van der Waals surface area contributed by atoms with E-state index in [9.17, 15) is 0 Å². The topological polar surface area (TPSA) is 43.4 Å². The normalized spacial score (nSPS) is 24.4. The zero-order valence-electron chi connectivity index (χ0n) is 10.4. The maximum atomic E-state index is 5.80. The number of methoxy groups -OCH3 is 1. The lowest BCUT2D eigenvalue weighted by Gasteiger charge is -2.16. The van der Waals surface area contributed by atoms with E-state index in [-0.39, 0.29) is 6.10 Å². The van der Waals surface area contributed by atoms with Crippen molar-refractivity contribution in [1.82, 2.24) is 10.3 Å². The summed E-state index contributed by atoms with van der Waals surface area (Å²) in [7, 11) is 1.72. The minimum absolute atomic E-state index is 0.184. The van der Waals surface area contributed by atoms with Crippen LogP contribution in [0, 0.1) is 12.8 Å². The van der Waals surface area contributed by atoms with Gasteiger partial charge in [-0.05, 0) is 13.3 Å². The van der Waals surface area contributed by atoms with Gasteiger partial charge in [0.05, 0.1) is 6.61 Å². The Morgan fingerprint density at radius 1 is 1.65 bits per heavy atom. The Morgan fingerprint density at radius 2 is 2.53 bits per heavy atom. The molecular formula is C12H20N2O2S. The highest BCUT2D eigenvalue weighted by Gasteiger charge is 2.31. The first-order valence-corrected chi connectivity index (χ1v) is 6.92. The van der Waals surface area contributed by atoms with Crippen LogP contribution in [0.5, 0.6) is 0 Å². The molecule has 1 aliphatic heterocycles. The minimum atomic E-state index is 0.184. The van der Waals surface area contributed by atoms with E-state index in [1.54, 1.807) is 18.4 Å². The van der Waals surface area contributed by atoms with Gasteiger partial charge in [0.2, 0.25) is 0 Å². The van der Waals surface area contributed by atoms with Crippen molar-refractivity contribution in [2.24, 2.45) is 5.92 Å². The lowest BCUT2D eigenvalue weighted by atomic mass is 10.0. The average Bonchev–Trinajstić information content (AvgIpc) is 2.93. The van der Waals surface area contributed by atoms with Crippen molar-refractivity contribution in [1.29, 1.82) is 0 Å². The number of ether oxygens (including phenoxy) is 2. The highest BCUT2D eigenvalue weighted by molar-refractivity contribution is 7.09. The van der Waals surface area contributed by atoms with Crippen LogP contribution in [-0.2, 0) is 9.47 Å². The smallest absolute Gasteiger partial charge is 0.122 e. The van der Waals surface area contributed by atoms with Gasteiger partial charge < -0.3 is 14.8 Å². The van der Waals surface area contributed by atoms with Gasteiger partial charge in [-0.25, -0.2) is 4.98 Å². The molecule has 17 heavy (non-hydrogen) atoms. The van der Waals surface area contributed by atoms with E-state index in [1.165, 1.54) is 0 Å². The van der Waals surface area contributed by atoms with Crippen molar-refractivity contribution < 1.29 is 9.47 Å². The van der Waals surface area contributed by atoms with Crippen LogP contribution in [0.15, 0.2) is 5.38 Å². The molecule has 0 aliphatic carbocycles. The molecule has 1 N–H and O–H groups in total. The van der Waals surface area contributed by atoms with E-state index < -0.39 is 0 Å². The standard InChI is InChI=1S/C12H20N2O2S/c1-9-8-17-12(14-9)11-10(3-5-16-11)7-13-4-6-15-2/h8,10-11,13H,3-7H2,1-2H3. The summed E-state index contributed by atoms with van der Waals surface area (Å²) in [6, 6.07) is 0. The molecule has 1 aromatic rings.